The van der Waals surface area contributed by atoms with Gasteiger partial charge in [-0.1, -0.05) is 25.1 Å². The zero-order chi connectivity index (χ0) is 20.8. The predicted molar refractivity (Wildman–Crippen MR) is 108 cm³/mol. The van der Waals surface area contributed by atoms with Crippen LogP contribution < -0.4 is 10.5 Å². The first-order chi connectivity index (χ1) is 14.0. The molecule has 0 aliphatic heterocycles. The largest absolute Gasteiger partial charge is 0.487 e. The Balaban J connectivity index is 1.93. The number of nitrogens with zero attached hydrogens (tertiary/aromatic N) is 3. The number of benzene rings is 1. The Hall–Kier alpha value is -3.92. The van der Waals surface area contributed by atoms with Crippen LogP contribution in [0.2, 0.25) is 0 Å². The summed E-state index contributed by atoms with van der Waals surface area (Å²) in [6, 6.07) is 16.7. The Morgan fingerprint density at radius 3 is 2.79 bits per heavy atom. The molecule has 0 spiro atoms. The number of nitrogens with two attached hydrogens (primary N) is 1. The van der Waals surface area contributed by atoms with Crippen molar-refractivity contribution in [2.45, 2.75) is 25.9 Å². The van der Waals surface area contributed by atoms with Gasteiger partial charge in [-0.3, -0.25) is 9.78 Å². The van der Waals surface area contributed by atoms with Crippen LogP contribution in [-0.4, -0.2) is 21.0 Å². The maximum absolute atomic E-state index is 11.0. The van der Waals surface area contributed by atoms with Gasteiger partial charge < -0.3 is 15.6 Å². The smallest absolute Gasteiger partial charge is 0.304 e. The number of anilines is 1. The van der Waals surface area contributed by atoms with Crippen LogP contribution in [0.15, 0.2) is 54.7 Å². The lowest BCUT2D eigenvalue weighted by molar-refractivity contribution is -0.137. The van der Waals surface area contributed by atoms with E-state index < -0.39 is 5.97 Å². The van der Waals surface area contributed by atoms with Crippen LogP contribution in [-0.2, 0) is 11.4 Å². The number of rotatable bonds is 7. The highest BCUT2D eigenvalue weighted by Crippen LogP contribution is 2.32. The lowest BCUT2D eigenvalue weighted by Gasteiger charge is -2.14. The maximum Gasteiger partial charge on any atom is 0.304 e. The SMILES string of the molecule is CC(CC(=O)O)c1cc(-c2cccc(OCc3ccccn3)c2)c(C#N)c(N)n1. The van der Waals surface area contributed by atoms with Gasteiger partial charge in [0, 0.05) is 23.4 Å². The predicted octanol–water partition coefficient (Wildman–Crippen LogP) is 3.75. The Labute approximate surface area is 168 Å². The van der Waals surface area contributed by atoms with E-state index in [1.807, 2.05) is 42.5 Å². The number of aromatic nitrogens is 2. The van der Waals surface area contributed by atoms with E-state index >= 15 is 0 Å². The fourth-order valence-electron chi connectivity index (χ4n) is 2.94. The second-order valence-corrected chi connectivity index (χ2v) is 6.60. The molecular weight excluding hydrogens is 368 g/mol. The van der Waals surface area contributed by atoms with Crippen LogP contribution >= 0.6 is 0 Å². The summed E-state index contributed by atoms with van der Waals surface area (Å²) in [6.07, 6.45) is 1.62. The average molecular weight is 388 g/mol. The van der Waals surface area contributed by atoms with Crippen LogP contribution in [0.25, 0.3) is 11.1 Å². The highest BCUT2D eigenvalue weighted by Gasteiger charge is 2.18. The monoisotopic (exact) mass is 388 g/mol. The molecule has 7 nitrogen and oxygen atoms in total. The minimum absolute atomic E-state index is 0.0784. The minimum Gasteiger partial charge on any atom is -0.487 e. The normalized spacial score (nSPS) is 11.4. The Morgan fingerprint density at radius 1 is 1.28 bits per heavy atom. The number of carboxylic acids is 1. The Bertz CT molecular complexity index is 1060. The Morgan fingerprint density at radius 2 is 2.10 bits per heavy atom. The average Bonchev–Trinajstić information content (AvgIpc) is 2.72. The van der Waals surface area contributed by atoms with Crippen LogP contribution in [0.5, 0.6) is 5.75 Å². The van der Waals surface area contributed by atoms with E-state index in [9.17, 15) is 10.1 Å². The second-order valence-electron chi connectivity index (χ2n) is 6.60. The molecule has 29 heavy (non-hydrogen) atoms. The number of aliphatic carboxylic acids is 1. The number of hydrogen-bond donors (Lipinski definition) is 2. The molecular formula is C22H20N4O3. The molecule has 0 aliphatic rings. The summed E-state index contributed by atoms with van der Waals surface area (Å²) in [4.78, 5) is 19.5. The van der Waals surface area contributed by atoms with Gasteiger partial charge in [-0.2, -0.15) is 5.26 Å². The molecule has 2 heterocycles. The summed E-state index contributed by atoms with van der Waals surface area (Å²) in [6.45, 7) is 2.08. The van der Waals surface area contributed by atoms with Gasteiger partial charge in [0.1, 0.15) is 29.8 Å². The van der Waals surface area contributed by atoms with E-state index in [1.165, 1.54) is 0 Å². The van der Waals surface area contributed by atoms with Crippen molar-refractivity contribution in [3.8, 4) is 22.9 Å². The van der Waals surface area contributed by atoms with Crippen LogP contribution in [0, 0.1) is 11.3 Å². The topological polar surface area (TPSA) is 122 Å². The highest BCUT2D eigenvalue weighted by atomic mass is 16.5. The molecule has 0 radical (unpaired) electrons. The number of nitriles is 1. The molecule has 1 atom stereocenters. The standard InChI is InChI=1S/C22H20N4O3/c1-14(9-21(27)28)20-11-18(19(12-23)22(24)26-20)15-5-4-7-17(10-15)29-13-16-6-2-3-8-25-16/h2-8,10-11,14H,9,13H2,1H3,(H2,24,26)(H,27,28). The van der Waals surface area contributed by atoms with Gasteiger partial charge in [-0.15, -0.1) is 0 Å². The van der Waals surface area contributed by atoms with Crippen LogP contribution in [0.1, 0.15) is 36.2 Å². The third kappa shape index (κ3) is 4.87. The zero-order valence-electron chi connectivity index (χ0n) is 15.9. The molecule has 2 aromatic heterocycles. The van der Waals surface area contributed by atoms with E-state index in [0.717, 1.165) is 11.3 Å². The van der Waals surface area contributed by atoms with Crippen molar-refractivity contribution in [3.05, 3.63) is 71.7 Å². The quantitative estimate of drug-likeness (QED) is 0.632. The number of carbonyl (C=O) groups is 1. The van der Waals surface area contributed by atoms with Crippen LogP contribution in [0.3, 0.4) is 0 Å². The molecule has 0 saturated carbocycles. The van der Waals surface area contributed by atoms with Gasteiger partial charge >= 0.3 is 5.97 Å². The molecule has 0 amide bonds. The minimum atomic E-state index is -0.923. The first-order valence-electron chi connectivity index (χ1n) is 9.03. The molecule has 0 saturated heterocycles. The Kier molecular flexibility index (Phi) is 6.05. The van der Waals surface area contributed by atoms with Gasteiger partial charge in [0.05, 0.1) is 12.1 Å². The van der Waals surface area contributed by atoms with Crippen LogP contribution in [0.4, 0.5) is 5.82 Å². The van der Waals surface area contributed by atoms with Gasteiger partial charge in [0.25, 0.3) is 0 Å². The van der Waals surface area contributed by atoms with Gasteiger partial charge in [-0.25, -0.2) is 4.98 Å². The number of pyridine rings is 2. The summed E-state index contributed by atoms with van der Waals surface area (Å²) in [5.74, 6) is -0.566. The van der Waals surface area contributed by atoms with E-state index in [2.05, 4.69) is 16.0 Å². The first kappa shape index (κ1) is 19.8. The third-order valence-corrected chi connectivity index (χ3v) is 4.42. The number of hydrogen-bond acceptors (Lipinski definition) is 6. The van der Waals surface area contributed by atoms with E-state index in [-0.39, 0.29) is 23.7 Å². The second kappa shape index (κ2) is 8.85. The van der Waals surface area contributed by atoms with Crippen molar-refractivity contribution >= 4 is 11.8 Å². The molecule has 3 N–H and O–H groups in total. The molecule has 0 fully saturated rings. The lowest BCUT2D eigenvalue weighted by Crippen LogP contribution is -2.08. The number of nitrogen functional groups attached to an aromatic ring is 1. The fourth-order valence-corrected chi connectivity index (χ4v) is 2.94. The van der Waals surface area contributed by atoms with E-state index in [1.54, 1.807) is 19.2 Å². The van der Waals surface area contributed by atoms with Gasteiger partial charge in [0.2, 0.25) is 0 Å². The summed E-state index contributed by atoms with van der Waals surface area (Å²) >= 11 is 0. The van der Waals surface area contributed by atoms with Crippen molar-refractivity contribution in [2.75, 3.05) is 5.73 Å². The molecule has 3 rings (SSSR count). The van der Waals surface area contributed by atoms with Crippen molar-refractivity contribution in [3.63, 3.8) is 0 Å². The molecule has 1 unspecified atom stereocenters. The van der Waals surface area contributed by atoms with Crippen molar-refractivity contribution in [1.82, 2.24) is 9.97 Å². The van der Waals surface area contributed by atoms with Crippen molar-refractivity contribution in [2.24, 2.45) is 0 Å². The lowest BCUT2D eigenvalue weighted by atomic mass is 9.95. The number of ether oxygens (including phenoxy) is 1. The first-order valence-corrected chi connectivity index (χ1v) is 9.03. The molecule has 1 aromatic carbocycles. The summed E-state index contributed by atoms with van der Waals surface area (Å²) in [7, 11) is 0. The molecule has 0 aliphatic carbocycles. The molecule has 7 heteroatoms. The van der Waals surface area contributed by atoms with E-state index in [4.69, 9.17) is 15.6 Å². The van der Waals surface area contributed by atoms with Gasteiger partial charge in [0.15, 0.2) is 0 Å². The van der Waals surface area contributed by atoms with Crippen molar-refractivity contribution < 1.29 is 14.6 Å². The van der Waals surface area contributed by atoms with Crippen molar-refractivity contribution in [1.29, 1.82) is 5.26 Å². The molecule has 3 aromatic rings. The summed E-state index contributed by atoms with van der Waals surface area (Å²) in [5.41, 5.74) is 8.89. The fraction of sp³-hybridized carbons (Fsp3) is 0.182. The summed E-state index contributed by atoms with van der Waals surface area (Å²) in [5, 5.41) is 18.6. The van der Waals surface area contributed by atoms with E-state index in [0.29, 0.717) is 23.6 Å². The summed E-state index contributed by atoms with van der Waals surface area (Å²) < 4.78 is 5.82. The third-order valence-electron chi connectivity index (χ3n) is 4.42. The zero-order valence-corrected chi connectivity index (χ0v) is 15.9. The molecule has 146 valence electrons. The highest BCUT2D eigenvalue weighted by molar-refractivity contribution is 5.77. The molecule has 0 bridgehead atoms. The maximum atomic E-state index is 11.0. The van der Waals surface area contributed by atoms with Gasteiger partial charge in [-0.05, 0) is 35.9 Å². The number of carboxylic acid groups (broad SMARTS) is 1.